The molecule has 2 rings (SSSR count). The van der Waals surface area contributed by atoms with E-state index in [0.29, 0.717) is 19.0 Å². The first-order chi connectivity index (χ1) is 8.82. The molecule has 1 aromatic heterocycles. The maximum Gasteiger partial charge on any atom is 0.300 e. The first kappa shape index (κ1) is 14.7. The number of rotatable bonds is 3. The van der Waals surface area contributed by atoms with Crippen LogP contribution in [0.4, 0.5) is 5.69 Å². The Bertz CT molecular complexity index is 599. The van der Waals surface area contributed by atoms with Crippen molar-refractivity contribution in [3.8, 4) is 0 Å². The Kier molecular flexibility index (Phi) is 4.14. The summed E-state index contributed by atoms with van der Waals surface area (Å²) in [5.41, 5.74) is -0.352. The fraction of sp³-hybridized carbons (Fsp3) is 0.600. The van der Waals surface area contributed by atoms with E-state index in [1.807, 2.05) is 6.92 Å². The topological polar surface area (TPSA) is 80.5 Å². The van der Waals surface area contributed by atoms with E-state index in [-0.39, 0.29) is 14.2 Å². The normalized spacial score (nSPS) is 21.5. The van der Waals surface area contributed by atoms with E-state index in [4.69, 9.17) is 11.6 Å². The van der Waals surface area contributed by atoms with Gasteiger partial charge >= 0.3 is 0 Å². The number of thiophene rings is 1. The van der Waals surface area contributed by atoms with Gasteiger partial charge in [-0.3, -0.25) is 10.1 Å². The second kappa shape index (κ2) is 5.35. The Balaban J connectivity index is 2.34. The highest BCUT2D eigenvalue weighted by molar-refractivity contribution is 7.91. The number of nitro groups is 1. The Hall–Kier alpha value is -0.700. The third-order valence-electron chi connectivity index (χ3n) is 3.06. The van der Waals surface area contributed by atoms with Crippen molar-refractivity contribution in [1.82, 2.24) is 4.31 Å². The average Bonchev–Trinajstić information content (AvgIpc) is 2.72. The SMILES string of the molecule is CC1CCCN(S(=O)(=O)c2cc([N+](=O)[O-])c(Cl)s2)C1. The van der Waals surface area contributed by atoms with Crippen LogP contribution in [0.15, 0.2) is 10.3 Å². The molecule has 1 atom stereocenters. The molecule has 1 aliphatic rings. The lowest BCUT2D eigenvalue weighted by atomic mass is 10.0. The largest absolute Gasteiger partial charge is 0.300 e. The zero-order valence-corrected chi connectivity index (χ0v) is 12.6. The van der Waals surface area contributed by atoms with E-state index < -0.39 is 14.9 Å². The Morgan fingerprint density at radius 1 is 1.58 bits per heavy atom. The average molecular weight is 325 g/mol. The van der Waals surface area contributed by atoms with Crippen molar-refractivity contribution in [2.45, 2.75) is 24.0 Å². The van der Waals surface area contributed by atoms with Crippen LogP contribution in [-0.4, -0.2) is 30.7 Å². The molecule has 6 nitrogen and oxygen atoms in total. The van der Waals surface area contributed by atoms with Gasteiger partial charge in [0.25, 0.3) is 15.7 Å². The van der Waals surface area contributed by atoms with Crippen LogP contribution in [0.1, 0.15) is 19.8 Å². The zero-order valence-electron chi connectivity index (χ0n) is 10.2. The van der Waals surface area contributed by atoms with Gasteiger partial charge in [-0.05, 0) is 18.8 Å². The summed E-state index contributed by atoms with van der Waals surface area (Å²) in [6, 6.07) is 1.04. The van der Waals surface area contributed by atoms with Gasteiger partial charge in [-0.25, -0.2) is 8.42 Å². The molecule has 1 unspecified atom stereocenters. The molecule has 1 aliphatic heterocycles. The summed E-state index contributed by atoms with van der Waals surface area (Å²) in [5.74, 6) is 0.300. The van der Waals surface area contributed by atoms with Crippen molar-refractivity contribution in [3.05, 3.63) is 20.5 Å². The lowest BCUT2D eigenvalue weighted by molar-refractivity contribution is -0.384. The van der Waals surface area contributed by atoms with E-state index in [1.54, 1.807) is 0 Å². The van der Waals surface area contributed by atoms with Gasteiger partial charge < -0.3 is 0 Å². The van der Waals surface area contributed by atoms with Crippen LogP contribution in [-0.2, 0) is 10.0 Å². The summed E-state index contributed by atoms with van der Waals surface area (Å²) in [6.07, 6.45) is 1.80. The lowest BCUT2D eigenvalue weighted by Gasteiger charge is -2.29. The van der Waals surface area contributed by atoms with Crippen LogP contribution in [0.25, 0.3) is 0 Å². The molecule has 0 amide bonds. The molecule has 0 aliphatic carbocycles. The summed E-state index contributed by atoms with van der Waals surface area (Å²) in [6.45, 7) is 2.90. The van der Waals surface area contributed by atoms with E-state index >= 15 is 0 Å². The van der Waals surface area contributed by atoms with Gasteiger partial charge in [0.15, 0.2) is 4.34 Å². The molecule has 0 N–H and O–H groups in total. The van der Waals surface area contributed by atoms with Crippen molar-refractivity contribution >= 4 is 38.6 Å². The Morgan fingerprint density at radius 2 is 2.26 bits per heavy atom. The molecule has 1 fully saturated rings. The molecule has 1 saturated heterocycles. The third kappa shape index (κ3) is 2.91. The van der Waals surface area contributed by atoms with E-state index in [9.17, 15) is 18.5 Å². The second-order valence-corrected chi connectivity index (χ2v) is 8.41. The van der Waals surface area contributed by atoms with Crippen molar-refractivity contribution in [2.75, 3.05) is 13.1 Å². The third-order valence-corrected chi connectivity index (χ3v) is 6.71. The van der Waals surface area contributed by atoms with Gasteiger partial charge in [-0.1, -0.05) is 18.5 Å². The zero-order chi connectivity index (χ0) is 14.2. The number of hydrogen-bond donors (Lipinski definition) is 0. The van der Waals surface area contributed by atoms with Crippen LogP contribution in [0.2, 0.25) is 4.34 Å². The van der Waals surface area contributed by atoms with Gasteiger partial charge in [0, 0.05) is 19.2 Å². The van der Waals surface area contributed by atoms with Crippen LogP contribution in [0.5, 0.6) is 0 Å². The van der Waals surface area contributed by atoms with Gasteiger partial charge in [-0.15, -0.1) is 11.3 Å². The number of hydrogen-bond acceptors (Lipinski definition) is 5. The van der Waals surface area contributed by atoms with Crippen LogP contribution in [0.3, 0.4) is 0 Å². The van der Waals surface area contributed by atoms with Crippen molar-refractivity contribution in [2.24, 2.45) is 5.92 Å². The van der Waals surface area contributed by atoms with E-state index in [1.165, 1.54) is 4.31 Å². The van der Waals surface area contributed by atoms with Crippen LogP contribution >= 0.6 is 22.9 Å². The van der Waals surface area contributed by atoms with E-state index in [0.717, 1.165) is 30.2 Å². The molecule has 9 heteroatoms. The highest BCUT2D eigenvalue weighted by Crippen LogP contribution is 2.38. The summed E-state index contributed by atoms with van der Waals surface area (Å²) >= 11 is 6.45. The molecule has 106 valence electrons. The fourth-order valence-corrected chi connectivity index (χ4v) is 5.50. The summed E-state index contributed by atoms with van der Waals surface area (Å²) in [5, 5.41) is 10.7. The minimum atomic E-state index is -3.67. The monoisotopic (exact) mass is 324 g/mol. The van der Waals surface area contributed by atoms with Crippen molar-refractivity contribution in [1.29, 1.82) is 0 Å². The molecule has 0 spiro atoms. The molecule has 19 heavy (non-hydrogen) atoms. The summed E-state index contributed by atoms with van der Waals surface area (Å²) in [4.78, 5) is 10.0. The predicted molar refractivity (Wildman–Crippen MR) is 73.1 cm³/mol. The van der Waals surface area contributed by atoms with Crippen LogP contribution < -0.4 is 0 Å². The predicted octanol–water partition coefficient (Wildman–Crippen LogP) is 2.73. The summed E-state index contributed by atoms with van der Waals surface area (Å²) in [7, 11) is -3.67. The lowest BCUT2D eigenvalue weighted by Crippen LogP contribution is -2.38. The maximum absolute atomic E-state index is 12.4. The number of halogens is 1. The molecular weight excluding hydrogens is 312 g/mol. The molecule has 1 aromatic rings. The van der Waals surface area contributed by atoms with Crippen molar-refractivity contribution < 1.29 is 13.3 Å². The molecule has 0 saturated carbocycles. The Labute approximate surface area is 120 Å². The summed E-state index contributed by atoms with van der Waals surface area (Å²) < 4.78 is 26.0. The molecule has 0 aromatic carbocycles. The van der Waals surface area contributed by atoms with E-state index in [2.05, 4.69) is 0 Å². The first-order valence-corrected chi connectivity index (χ1v) is 8.39. The Morgan fingerprint density at radius 3 is 2.79 bits per heavy atom. The smallest absolute Gasteiger partial charge is 0.258 e. The molecule has 0 bridgehead atoms. The first-order valence-electron chi connectivity index (χ1n) is 5.76. The minimum Gasteiger partial charge on any atom is -0.258 e. The standard InChI is InChI=1S/C10H13ClN2O4S2/c1-7-3-2-4-12(6-7)19(16,17)9-5-8(13(14)15)10(11)18-9/h5,7H,2-4,6H2,1H3. The van der Waals surface area contributed by atoms with Gasteiger partial charge in [0.2, 0.25) is 0 Å². The fourth-order valence-electron chi connectivity index (χ4n) is 2.08. The second-order valence-electron chi connectivity index (χ2n) is 4.59. The van der Waals surface area contributed by atoms with Gasteiger partial charge in [-0.2, -0.15) is 4.31 Å². The molecule has 2 heterocycles. The van der Waals surface area contributed by atoms with Crippen molar-refractivity contribution in [3.63, 3.8) is 0 Å². The molecular formula is C10H13ClN2O4S2. The van der Waals surface area contributed by atoms with Gasteiger partial charge in [0.1, 0.15) is 4.21 Å². The molecule has 0 radical (unpaired) electrons. The maximum atomic E-state index is 12.4. The number of piperidine rings is 1. The highest BCUT2D eigenvalue weighted by Gasteiger charge is 2.32. The number of nitrogens with zero attached hydrogens (tertiary/aromatic N) is 2. The van der Waals surface area contributed by atoms with Gasteiger partial charge in [0.05, 0.1) is 4.92 Å². The number of sulfonamides is 1. The highest BCUT2D eigenvalue weighted by atomic mass is 35.5. The van der Waals surface area contributed by atoms with Crippen LogP contribution in [0, 0.1) is 16.0 Å². The minimum absolute atomic E-state index is 0.0571. The quantitative estimate of drug-likeness (QED) is 0.632.